The Balaban J connectivity index is 2.46. The van der Waals surface area contributed by atoms with Crippen LogP contribution >= 0.6 is 0 Å². The lowest BCUT2D eigenvalue weighted by Crippen LogP contribution is -2.03. The maximum Gasteiger partial charge on any atom is 0.142 e. The van der Waals surface area contributed by atoms with E-state index in [1.165, 1.54) is 0 Å². The number of pyridine rings is 1. The molecule has 3 rings (SSSR count). The number of nitriles is 1. The van der Waals surface area contributed by atoms with E-state index in [1.54, 1.807) is 18.2 Å². The molecule has 0 spiro atoms. The number of nitrogen functional groups attached to an aromatic ring is 1. The summed E-state index contributed by atoms with van der Waals surface area (Å²) in [5.41, 5.74) is 9.85. The molecule has 0 bridgehead atoms. The molecule has 0 aliphatic heterocycles. The van der Waals surface area contributed by atoms with Crippen molar-refractivity contribution in [2.45, 2.75) is 6.92 Å². The van der Waals surface area contributed by atoms with Gasteiger partial charge in [0.05, 0.1) is 0 Å². The number of aromatic nitrogens is 1. The molecule has 112 valence electrons. The predicted octanol–water partition coefficient (Wildman–Crippen LogP) is 3.88. The van der Waals surface area contributed by atoms with Crippen molar-refractivity contribution >= 4 is 5.82 Å². The Morgan fingerprint density at radius 2 is 1.65 bits per heavy atom. The monoisotopic (exact) mass is 301 g/mol. The molecule has 3 N–H and O–H groups in total. The Kier molecular flexibility index (Phi) is 3.70. The Labute approximate surface area is 134 Å². The molecular weight excluding hydrogens is 286 g/mol. The van der Waals surface area contributed by atoms with E-state index in [0.29, 0.717) is 16.8 Å². The molecule has 2 aromatic carbocycles. The Hall–Kier alpha value is -3.32. The van der Waals surface area contributed by atoms with Crippen LogP contribution in [-0.2, 0) is 0 Å². The molecule has 1 aromatic heterocycles. The number of nitrogens with zero attached hydrogens (tertiary/aromatic N) is 2. The highest BCUT2D eigenvalue weighted by atomic mass is 16.3. The first-order valence-corrected chi connectivity index (χ1v) is 7.17. The van der Waals surface area contributed by atoms with E-state index in [9.17, 15) is 10.4 Å². The van der Waals surface area contributed by atoms with Gasteiger partial charge in [0.2, 0.25) is 0 Å². The van der Waals surface area contributed by atoms with E-state index in [0.717, 1.165) is 11.1 Å². The van der Waals surface area contributed by atoms with Crippen LogP contribution in [0.3, 0.4) is 0 Å². The number of phenols is 1. The first-order valence-electron chi connectivity index (χ1n) is 7.17. The van der Waals surface area contributed by atoms with E-state index >= 15 is 0 Å². The molecule has 0 fully saturated rings. The number of phenolic OH excluding ortho intramolecular Hbond substituents is 1. The number of nitrogens with two attached hydrogens (primary N) is 1. The SMILES string of the molecule is Cc1nc(N)c(C#N)c(-c2ccccc2O)c1-c1ccccc1. The summed E-state index contributed by atoms with van der Waals surface area (Å²) in [7, 11) is 0. The van der Waals surface area contributed by atoms with Crippen LogP contribution in [0.15, 0.2) is 54.6 Å². The normalized spacial score (nSPS) is 10.3. The van der Waals surface area contributed by atoms with Crippen molar-refractivity contribution in [1.82, 2.24) is 4.98 Å². The molecule has 0 radical (unpaired) electrons. The van der Waals surface area contributed by atoms with Gasteiger partial charge in [0.1, 0.15) is 23.2 Å². The minimum atomic E-state index is 0.103. The highest BCUT2D eigenvalue weighted by Gasteiger charge is 2.21. The number of aromatic hydroxyl groups is 1. The highest BCUT2D eigenvalue weighted by Crippen LogP contribution is 2.41. The summed E-state index contributed by atoms with van der Waals surface area (Å²) in [4.78, 5) is 4.31. The maximum atomic E-state index is 10.3. The summed E-state index contributed by atoms with van der Waals surface area (Å²) < 4.78 is 0. The summed E-state index contributed by atoms with van der Waals surface area (Å²) in [6, 6.07) is 18.7. The molecule has 0 saturated carbocycles. The lowest BCUT2D eigenvalue weighted by atomic mass is 9.90. The molecule has 23 heavy (non-hydrogen) atoms. The third kappa shape index (κ3) is 2.49. The molecule has 4 heteroatoms. The van der Waals surface area contributed by atoms with Crippen molar-refractivity contribution < 1.29 is 5.11 Å². The van der Waals surface area contributed by atoms with Crippen molar-refractivity contribution in [1.29, 1.82) is 5.26 Å². The van der Waals surface area contributed by atoms with Gasteiger partial charge in [-0.2, -0.15) is 5.26 Å². The van der Waals surface area contributed by atoms with Gasteiger partial charge in [0.15, 0.2) is 0 Å². The van der Waals surface area contributed by atoms with E-state index < -0.39 is 0 Å². The second kappa shape index (κ2) is 5.82. The third-order valence-corrected chi connectivity index (χ3v) is 3.75. The van der Waals surface area contributed by atoms with E-state index in [1.807, 2.05) is 43.3 Å². The second-order valence-corrected chi connectivity index (χ2v) is 5.20. The number of anilines is 1. The molecule has 3 aromatic rings. The third-order valence-electron chi connectivity index (χ3n) is 3.75. The van der Waals surface area contributed by atoms with Crippen LogP contribution in [0.25, 0.3) is 22.3 Å². The number of hydrogen-bond donors (Lipinski definition) is 2. The van der Waals surface area contributed by atoms with Crippen LogP contribution in [0, 0.1) is 18.3 Å². The number of benzene rings is 2. The van der Waals surface area contributed by atoms with Gasteiger partial charge in [-0.1, -0.05) is 48.5 Å². The van der Waals surface area contributed by atoms with Gasteiger partial charge in [-0.3, -0.25) is 0 Å². The summed E-state index contributed by atoms with van der Waals surface area (Å²) in [5, 5.41) is 19.8. The average molecular weight is 301 g/mol. The Bertz CT molecular complexity index is 912. The lowest BCUT2D eigenvalue weighted by Gasteiger charge is -2.17. The number of rotatable bonds is 2. The van der Waals surface area contributed by atoms with Crippen molar-refractivity contribution in [2.75, 3.05) is 5.73 Å². The number of aryl methyl sites for hydroxylation is 1. The molecule has 0 amide bonds. The summed E-state index contributed by atoms with van der Waals surface area (Å²) >= 11 is 0. The van der Waals surface area contributed by atoms with Gasteiger partial charge in [-0.05, 0) is 18.6 Å². The van der Waals surface area contributed by atoms with Crippen molar-refractivity contribution in [3.8, 4) is 34.1 Å². The topological polar surface area (TPSA) is 82.9 Å². The van der Waals surface area contributed by atoms with Gasteiger partial charge in [0.25, 0.3) is 0 Å². The molecule has 0 aliphatic carbocycles. The fourth-order valence-electron chi connectivity index (χ4n) is 2.75. The van der Waals surface area contributed by atoms with Gasteiger partial charge in [-0.15, -0.1) is 0 Å². The predicted molar refractivity (Wildman–Crippen MR) is 90.6 cm³/mol. The molecule has 1 heterocycles. The van der Waals surface area contributed by atoms with Crippen LogP contribution in [-0.4, -0.2) is 10.1 Å². The first-order chi connectivity index (χ1) is 11.1. The summed E-state index contributed by atoms with van der Waals surface area (Å²) in [6.07, 6.45) is 0. The molecule has 0 atom stereocenters. The summed E-state index contributed by atoms with van der Waals surface area (Å²) in [5.74, 6) is 0.272. The second-order valence-electron chi connectivity index (χ2n) is 5.20. The summed E-state index contributed by atoms with van der Waals surface area (Å²) in [6.45, 7) is 1.85. The number of para-hydroxylation sites is 1. The lowest BCUT2D eigenvalue weighted by molar-refractivity contribution is 0.477. The standard InChI is InChI=1S/C19H15N3O/c1-12-17(13-7-3-2-4-8-13)18(15(11-20)19(21)22-12)14-9-5-6-10-16(14)23/h2-10,23H,1H3,(H2,21,22). The zero-order valence-corrected chi connectivity index (χ0v) is 12.6. The molecule has 0 saturated heterocycles. The van der Waals surface area contributed by atoms with Gasteiger partial charge in [-0.25, -0.2) is 4.98 Å². The molecule has 0 unspecified atom stereocenters. The molecule has 0 aliphatic rings. The van der Waals surface area contributed by atoms with Gasteiger partial charge in [0, 0.05) is 22.4 Å². The van der Waals surface area contributed by atoms with Gasteiger partial charge >= 0.3 is 0 Å². The average Bonchev–Trinajstić information content (AvgIpc) is 2.55. The zero-order valence-electron chi connectivity index (χ0n) is 12.6. The number of hydrogen-bond acceptors (Lipinski definition) is 4. The fourth-order valence-corrected chi connectivity index (χ4v) is 2.75. The molecular formula is C19H15N3O. The minimum absolute atomic E-state index is 0.103. The smallest absolute Gasteiger partial charge is 0.142 e. The minimum Gasteiger partial charge on any atom is -0.507 e. The quantitative estimate of drug-likeness (QED) is 0.752. The first kappa shape index (κ1) is 14.6. The highest BCUT2D eigenvalue weighted by molar-refractivity contribution is 5.92. The van der Waals surface area contributed by atoms with Crippen molar-refractivity contribution in [3.05, 3.63) is 65.9 Å². The Morgan fingerprint density at radius 1 is 1.00 bits per heavy atom. The molecule has 4 nitrogen and oxygen atoms in total. The van der Waals surface area contributed by atoms with Crippen LogP contribution in [0.2, 0.25) is 0 Å². The van der Waals surface area contributed by atoms with Crippen molar-refractivity contribution in [3.63, 3.8) is 0 Å². The van der Waals surface area contributed by atoms with E-state index in [-0.39, 0.29) is 17.1 Å². The Morgan fingerprint density at radius 3 is 2.30 bits per heavy atom. The zero-order chi connectivity index (χ0) is 16.4. The maximum absolute atomic E-state index is 10.3. The van der Waals surface area contributed by atoms with E-state index in [2.05, 4.69) is 11.1 Å². The van der Waals surface area contributed by atoms with E-state index in [4.69, 9.17) is 5.73 Å². The van der Waals surface area contributed by atoms with Crippen molar-refractivity contribution in [2.24, 2.45) is 0 Å². The largest absolute Gasteiger partial charge is 0.507 e. The van der Waals surface area contributed by atoms with Crippen LogP contribution in [0.1, 0.15) is 11.3 Å². The fraction of sp³-hybridized carbons (Fsp3) is 0.0526. The van der Waals surface area contributed by atoms with Gasteiger partial charge < -0.3 is 10.8 Å². The van der Waals surface area contributed by atoms with Crippen LogP contribution < -0.4 is 5.73 Å². The van der Waals surface area contributed by atoms with Crippen LogP contribution in [0.5, 0.6) is 5.75 Å². The van der Waals surface area contributed by atoms with Crippen LogP contribution in [0.4, 0.5) is 5.82 Å².